The Hall–Kier alpha value is -3.34. The number of pyridine rings is 1. The summed E-state index contributed by atoms with van der Waals surface area (Å²) >= 11 is 0. The molecule has 0 aliphatic carbocycles. The molecule has 2 aliphatic heterocycles. The predicted octanol–water partition coefficient (Wildman–Crippen LogP) is 0.295. The van der Waals surface area contributed by atoms with Gasteiger partial charge in [0, 0.05) is 30.9 Å². The second-order valence-corrected chi connectivity index (χ2v) is 12.3. The Morgan fingerprint density at radius 2 is 1.97 bits per heavy atom. The van der Waals surface area contributed by atoms with Crippen molar-refractivity contribution in [1.82, 2.24) is 19.3 Å². The number of aromatic nitrogens is 1. The van der Waals surface area contributed by atoms with Crippen LogP contribution in [-0.2, 0) is 20.0 Å². The number of anilines is 1. The maximum Gasteiger partial charge on any atom is 0.297 e. The van der Waals surface area contributed by atoms with Gasteiger partial charge in [-0.2, -0.15) is 0 Å². The van der Waals surface area contributed by atoms with Crippen LogP contribution >= 0.6 is 0 Å². The molecule has 14 nitrogen and oxygen atoms in total. The van der Waals surface area contributed by atoms with Gasteiger partial charge in [0.05, 0.1) is 22.1 Å². The van der Waals surface area contributed by atoms with Crippen molar-refractivity contribution < 1.29 is 31.3 Å². The first-order chi connectivity index (χ1) is 17.4. The molecule has 37 heavy (non-hydrogen) atoms. The van der Waals surface area contributed by atoms with Gasteiger partial charge >= 0.3 is 0 Å². The van der Waals surface area contributed by atoms with E-state index in [1.54, 1.807) is 6.07 Å². The fourth-order valence-electron chi connectivity index (χ4n) is 4.25. The Morgan fingerprint density at radius 1 is 1.24 bits per heavy atom. The third-order valence-electron chi connectivity index (χ3n) is 5.92. The SMILES string of the molecule is CS(=O)(=O)NC1CCN(C[C@H]2COc3cc(S(=O)(=O)NC(=O)c4ccccn4)cc([N+](=O)[O-])c3N2)CC1. The molecule has 200 valence electrons. The molecule has 1 amide bonds. The van der Waals surface area contributed by atoms with Crippen LogP contribution in [0.15, 0.2) is 41.4 Å². The minimum Gasteiger partial charge on any atom is -0.489 e. The number of rotatable bonds is 8. The van der Waals surface area contributed by atoms with Crippen LogP contribution in [0.1, 0.15) is 23.3 Å². The van der Waals surface area contributed by atoms with Crippen LogP contribution in [0.5, 0.6) is 5.75 Å². The van der Waals surface area contributed by atoms with Crippen LogP contribution in [-0.4, -0.2) is 82.1 Å². The molecule has 0 saturated carbocycles. The van der Waals surface area contributed by atoms with Crippen molar-refractivity contribution in [3.63, 3.8) is 0 Å². The van der Waals surface area contributed by atoms with Crippen molar-refractivity contribution in [2.24, 2.45) is 0 Å². The first-order valence-electron chi connectivity index (χ1n) is 11.3. The fraction of sp³-hybridized carbons (Fsp3) is 0.429. The van der Waals surface area contributed by atoms with E-state index >= 15 is 0 Å². The zero-order valence-corrected chi connectivity index (χ0v) is 21.4. The average Bonchev–Trinajstić information content (AvgIpc) is 2.84. The van der Waals surface area contributed by atoms with Gasteiger partial charge in [-0.15, -0.1) is 0 Å². The molecule has 2 aromatic rings. The van der Waals surface area contributed by atoms with Crippen LogP contribution in [0.3, 0.4) is 0 Å². The standard InChI is InChI=1S/C21H26N6O8S2/c1-36(31,32)24-14-5-8-26(9-6-14)12-15-13-35-19-11-16(10-18(27(29)30)20(19)23-15)37(33,34)25-21(28)17-4-2-3-7-22-17/h2-4,7,10-11,14-15,23-24H,5-6,8-9,12-13H2,1H3,(H,25,28)/t15-/m0/s1. The average molecular weight is 555 g/mol. The number of piperidine rings is 1. The van der Waals surface area contributed by atoms with Gasteiger partial charge in [-0.1, -0.05) is 6.07 Å². The van der Waals surface area contributed by atoms with Crippen LogP contribution in [0.25, 0.3) is 0 Å². The second-order valence-electron chi connectivity index (χ2n) is 8.84. The number of nitrogens with zero attached hydrogens (tertiary/aromatic N) is 3. The van der Waals surface area contributed by atoms with Crippen molar-refractivity contribution in [1.29, 1.82) is 0 Å². The number of nitro groups is 1. The Labute approximate surface area is 213 Å². The molecule has 1 fully saturated rings. The van der Waals surface area contributed by atoms with E-state index in [1.165, 1.54) is 18.3 Å². The highest BCUT2D eigenvalue weighted by molar-refractivity contribution is 7.90. The number of hydrogen-bond acceptors (Lipinski definition) is 11. The van der Waals surface area contributed by atoms with Gasteiger partial charge in [-0.05, 0) is 38.1 Å². The quantitative estimate of drug-likeness (QED) is 0.300. The number of benzene rings is 1. The Bertz CT molecular complexity index is 1390. The van der Waals surface area contributed by atoms with E-state index in [2.05, 4.69) is 19.9 Å². The van der Waals surface area contributed by atoms with E-state index in [4.69, 9.17) is 4.74 Å². The number of carbonyl (C=O) groups is 1. The number of likely N-dealkylation sites (tertiary alicyclic amines) is 1. The number of nitro benzene ring substituents is 1. The maximum absolute atomic E-state index is 12.8. The molecule has 0 radical (unpaired) electrons. The molecule has 0 bridgehead atoms. The van der Waals surface area contributed by atoms with E-state index in [0.29, 0.717) is 32.5 Å². The molecule has 1 aromatic heterocycles. The first kappa shape index (κ1) is 26.7. The van der Waals surface area contributed by atoms with Crippen molar-refractivity contribution in [3.05, 3.63) is 52.3 Å². The Kier molecular flexibility index (Phi) is 7.63. The van der Waals surface area contributed by atoms with Crippen molar-refractivity contribution in [2.75, 3.05) is 37.8 Å². The summed E-state index contributed by atoms with van der Waals surface area (Å²) in [4.78, 5) is 28.8. The lowest BCUT2D eigenvalue weighted by Crippen LogP contribution is -2.49. The third-order valence-corrected chi connectivity index (χ3v) is 7.99. The van der Waals surface area contributed by atoms with Crippen molar-refractivity contribution in [3.8, 4) is 5.75 Å². The van der Waals surface area contributed by atoms with E-state index in [1.807, 2.05) is 4.72 Å². The van der Waals surface area contributed by atoms with Gasteiger partial charge in [-0.3, -0.25) is 19.9 Å². The summed E-state index contributed by atoms with van der Waals surface area (Å²) < 4.78 is 58.7. The number of hydrogen-bond donors (Lipinski definition) is 3. The third kappa shape index (κ3) is 6.71. The van der Waals surface area contributed by atoms with E-state index in [9.17, 15) is 31.7 Å². The summed E-state index contributed by atoms with van der Waals surface area (Å²) in [5, 5.41) is 14.9. The van der Waals surface area contributed by atoms with Gasteiger partial charge in [0.25, 0.3) is 21.6 Å². The second kappa shape index (κ2) is 10.6. The van der Waals surface area contributed by atoms with Gasteiger partial charge in [0.15, 0.2) is 11.4 Å². The molecule has 1 saturated heterocycles. The monoisotopic (exact) mass is 554 g/mol. The summed E-state index contributed by atoms with van der Waals surface area (Å²) in [6.45, 7) is 1.87. The summed E-state index contributed by atoms with van der Waals surface area (Å²) in [7, 11) is -7.74. The van der Waals surface area contributed by atoms with E-state index < -0.39 is 41.5 Å². The Morgan fingerprint density at radius 3 is 2.59 bits per heavy atom. The van der Waals surface area contributed by atoms with Gasteiger partial charge in [0.1, 0.15) is 12.3 Å². The van der Waals surface area contributed by atoms with Gasteiger partial charge in [-0.25, -0.2) is 26.3 Å². The summed E-state index contributed by atoms with van der Waals surface area (Å²) in [5.41, 5.74) is -0.593. The largest absolute Gasteiger partial charge is 0.489 e. The highest BCUT2D eigenvalue weighted by Crippen LogP contribution is 2.40. The van der Waals surface area contributed by atoms with Crippen molar-refractivity contribution in [2.45, 2.75) is 29.8 Å². The molecular formula is C21H26N6O8S2. The smallest absolute Gasteiger partial charge is 0.297 e. The normalized spacial score (nSPS) is 18.8. The molecule has 16 heteroatoms. The van der Waals surface area contributed by atoms with Crippen LogP contribution in [0, 0.1) is 10.1 Å². The van der Waals surface area contributed by atoms with Crippen LogP contribution in [0.4, 0.5) is 11.4 Å². The molecular weight excluding hydrogens is 528 g/mol. The maximum atomic E-state index is 12.8. The molecule has 1 atom stereocenters. The van der Waals surface area contributed by atoms with Crippen molar-refractivity contribution >= 4 is 37.3 Å². The molecule has 3 N–H and O–H groups in total. The lowest BCUT2D eigenvalue weighted by Gasteiger charge is -2.36. The van der Waals surface area contributed by atoms with Crippen LogP contribution in [0.2, 0.25) is 0 Å². The zero-order chi connectivity index (χ0) is 26.8. The number of fused-ring (bicyclic) bond motifs is 1. The molecule has 2 aliphatic rings. The number of carbonyl (C=O) groups excluding carboxylic acids is 1. The fourth-order valence-corrected chi connectivity index (χ4v) is 6.08. The molecule has 0 spiro atoms. The zero-order valence-electron chi connectivity index (χ0n) is 19.8. The lowest BCUT2D eigenvalue weighted by atomic mass is 10.1. The minimum atomic E-state index is -4.46. The number of amides is 1. The summed E-state index contributed by atoms with van der Waals surface area (Å²) in [6, 6.07) is 5.95. The van der Waals surface area contributed by atoms with Crippen LogP contribution < -0.4 is 19.5 Å². The highest BCUT2D eigenvalue weighted by Gasteiger charge is 2.33. The molecule has 0 unspecified atom stereocenters. The topological polar surface area (TPSA) is 190 Å². The summed E-state index contributed by atoms with van der Waals surface area (Å²) in [6.07, 6.45) is 3.71. The minimum absolute atomic E-state index is 0.0211. The summed E-state index contributed by atoms with van der Waals surface area (Å²) in [5.74, 6) is -0.997. The van der Waals surface area contributed by atoms with Gasteiger partial charge < -0.3 is 15.0 Å². The number of nitrogens with one attached hydrogen (secondary N) is 3. The highest BCUT2D eigenvalue weighted by atomic mass is 32.2. The number of ether oxygens (including phenoxy) is 1. The van der Waals surface area contributed by atoms with E-state index in [-0.39, 0.29) is 35.8 Å². The lowest BCUT2D eigenvalue weighted by molar-refractivity contribution is -0.384. The van der Waals surface area contributed by atoms with Gasteiger partial charge in [0.2, 0.25) is 10.0 Å². The number of sulfonamides is 2. The Balaban J connectivity index is 1.46. The molecule has 3 heterocycles. The predicted molar refractivity (Wildman–Crippen MR) is 132 cm³/mol. The van der Waals surface area contributed by atoms with E-state index in [0.717, 1.165) is 18.4 Å². The first-order valence-corrected chi connectivity index (χ1v) is 14.7. The molecule has 1 aromatic carbocycles. The molecule has 4 rings (SSSR count).